The van der Waals surface area contributed by atoms with E-state index >= 15 is 0 Å². The van der Waals surface area contributed by atoms with Crippen LogP contribution in [0.1, 0.15) is 18.6 Å². The SMILES string of the molecule is COP([O-])(=S)OC.C[NH2+][C@H](C)[C@H](O)c1ccccc1. The maximum Gasteiger partial charge on any atom is 0.130 e. The number of hydrogen-bond donors (Lipinski definition) is 2. The van der Waals surface area contributed by atoms with Crippen LogP contribution in [0.4, 0.5) is 0 Å². The molecule has 5 nitrogen and oxygen atoms in total. The van der Waals surface area contributed by atoms with E-state index in [1.54, 1.807) is 0 Å². The Morgan fingerprint density at radius 1 is 1.26 bits per heavy atom. The van der Waals surface area contributed by atoms with Crippen LogP contribution in [0.25, 0.3) is 0 Å². The monoisotopic (exact) mass is 307 g/mol. The number of benzene rings is 1. The van der Waals surface area contributed by atoms with Gasteiger partial charge < -0.3 is 24.4 Å². The van der Waals surface area contributed by atoms with Gasteiger partial charge in [-0.1, -0.05) is 42.1 Å². The summed E-state index contributed by atoms with van der Waals surface area (Å²) in [6.07, 6.45) is -0.365. The number of quaternary nitrogens is 1. The van der Waals surface area contributed by atoms with Crippen molar-refractivity contribution in [3.05, 3.63) is 35.9 Å². The second kappa shape index (κ2) is 9.55. The summed E-state index contributed by atoms with van der Waals surface area (Å²) in [5.74, 6) is 0. The highest BCUT2D eigenvalue weighted by Crippen LogP contribution is 2.35. The molecule has 0 unspecified atom stereocenters. The molecule has 2 atom stereocenters. The van der Waals surface area contributed by atoms with Crippen molar-refractivity contribution < 1.29 is 24.4 Å². The van der Waals surface area contributed by atoms with E-state index in [-0.39, 0.29) is 12.1 Å². The normalized spacial score (nSPS) is 14.2. The number of aliphatic hydroxyl groups is 1. The van der Waals surface area contributed by atoms with Crippen molar-refractivity contribution in [1.29, 1.82) is 0 Å². The number of nitrogens with two attached hydrogens (primary N) is 1. The molecule has 0 bridgehead atoms. The van der Waals surface area contributed by atoms with Crippen LogP contribution in [0.15, 0.2) is 30.3 Å². The average Bonchev–Trinajstić information content (AvgIpc) is 2.47. The fraction of sp³-hybridized carbons (Fsp3) is 0.500. The van der Waals surface area contributed by atoms with E-state index < -0.39 is 6.72 Å². The zero-order chi connectivity index (χ0) is 14.9. The van der Waals surface area contributed by atoms with Crippen molar-refractivity contribution in [2.24, 2.45) is 0 Å². The van der Waals surface area contributed by atoms with Crippen molar-refractivity contribution in [2.75, 3.05) is 21.3 Å². The van der Waals surface area contributed by atoms with Gasteiger partial charge in [-0.2, -0.15) is 0 Å². The minimum Gasteiger partial charge on any atom is -0.780 e. The Hall–Kier alpha value is -0.330. The number of hydrogen-bond acceptors (Lipinski definition) is 5. The van der Waals surface area contributed by atoms with Gasteiger partial charge in [-0.3, -0.25) is 0 Å². The van der Waals surface area contributed by atoms with E-state index in [2.05, 4.69) is 20.9 Å². The highest BCUT2D eigenvalue weighted by molar-refractivity contribution is 8.06. The molecule has 0 fully saturated rings. The molecule has 0 saturated heterocycles. The Morgan fingerprint density at radius 2 is 1.74 bits per heavy atom. The molecule has 0 aliphatic heterocycles. The van der Waals surface area contributed by atoms with Crippen LogP contribution >= 0.6 is 6.72 Å². The third kappa shape index (κ3) is 7.74. The van der Waals surface area contributed by atoms with Gasteiger partial charge in [0.2, 0.25) is 0 Å². The molecule has 0 heterocycles. The Balaban J connectivity index is 0.000000399. The fourth-order valence-corrected chi connectivity index (χ4v) is 1.36. The Kier molecular flexibility index (Phi) is 9.39. The molecule has 0 aliphatic carbocycles. The maximum atomic E-state index is 10.3. The Bertz CT molecular complexity index is 383. The lowest BCUT2D eigenvalue weighted by atomic mass is 10.0. The zero-order valence-electron chi connectivity index (χ0n) is 11.6. The smallest absolute Gasteiger partial charge is 0.130 e. The van der Waals surface area contributed by atoms with E-state index in [1.165, 1.54) is 14.2 Å². The van der Waals surface area contributed by atoms with Crippen molar-refractivity contribution in [3.63, 3.8) is 0 Å². The molecule has 0 radical (unpaired) electrons. The van der Waals surface area contributed by atoms with Gasteiger partial charge in [-0.15, -0.1) is 0 Å². The van der Waals surface area contributed by atoms with Crippen LogP contribution in [0, 0.1) is 0 Å². The first kappa shape index (κ1) is 18.7. The molecule has 7 heteroatoms. The second-order valence-corrected chi connectivity index (χ2v) is 6.83. The summed E-state index contributed by atoms with van der Waals surface area (Å²) < 4.78 is 8.47. The Morgan fingerprint density at radius 3 is 2.05 bits per heavy atom. The molecular weight excluding hydrogens is 285 g/mol. The molecule has 0 spiro atoms. The number of aliphatic hydroxyl groups excluding tert-OH is 1. The molecule has 0 amide bonds. The summed E-state index contributed by atoms with van der Waals surface area (Å²) in [5, 5.41) is 11.8. The van der Waals surface area contributed by atoms with E-state index in [0.29, 0.717) is 0 Å². The molecule has 110 valence electrons. The highest BCUT2D eigenvalue weighted by Gasteiger charge is 2.16. The van der Waals surface area contributed by atoms with Crippen molar-refractivity contribution in [2.45, 2.75) is 19.1 Å². The van der Waals surface area contributed by atoms with Gasteiger partial charge in [0.1, 0.15) is 18.9 Å². The van der Waals surface area contributed by atoms with Crippen molar-refractivity contribution >= 4 is 18.5 Å². The summed E-state index contributed by atoms with van der Waals surface area (Å²) in [5.41, 5.74) is 0.989. The molecule has 1 rings (SSSR count). The molecular formula is C12H22NO4PS. The number of rotatable bonds is 5. The summed E-state index contributed by atoms with van der Waals surface area (Å²) in [7, 11) is 4.46. The van der Waals surface area contributed by atoms with Gasteiger partial charge in [0.05, 0.1) is 7.05 Å². The third-order valence-corrected chi connectivity index (χ3v) is 4.40. The fourth-order valence-electron chi connectivity index (χ4n) is 1.21. The van der Waals surface area contributed by atoms with Crippen molar-refractivity contribution in [1.82, 2.24) is 0 Å². The van der Waals surface area contributed by atoms with Crippen LogP contribution < -0.4 is 10.2 Å². The second-order valence-electron chi connectivity index (χ2n) is 3.86. The molecule has 0 aliphatic rings. The zero-order valence-corrected chi connectivity index (χ0v) is 13.4. The van der Waals surface area contributed by atoms with Gasteiger partial charge in [-0.05, 0) is 12.5 Å². The van der Waals surface area contributed by atoms with Gasteiger partial charge in [-0.25, -0.2) is 0 Å². The molecule has 19 heavy (non-hydrogen) atoms. The average molecular weight is 307 g/mol. The Labute approximate surface area is 119 Å². The molecule has 3 N–H and O–H groups in total. The standard InChI is InChI=1S/C10H15NO.C2H7O3PS/c1-8(11-2)10(12)9-6-4-3-5-7-9;1-4-6(3,7)5-2/h3-8,10-12H,1-2H3;1-2H3,(H,3,7)/t8-,10+;/m1./s1. The topological polar surface area (TPSA) is 78.4 Å². The first-order chi connectivity index (χ1) is 8.87. The predicted octanol–water partition coefficient (Wildman–Crippen LogP) is 0.166. The van der Waals surface area contributed by atoms with Crippen LogP contribution in [0.2, 0.25) is 0 Å². The minimum absolute atomic E-state index is 0.215. The quantitative estimate of drug-likeness (QED) is 0.758. The summed E-state index contributed by atoms with van der Waals surface area (Å²) in [6, 6.07) is 9.96. The van der Waals surface area contributed by atoms with Crippen LogP contribution in [0.3, 0.4) is 0 Å². The molecule has 0 aromatic heterocycles. The minimum atomic E-state index is -3.07. The van der Waals surface area contributed by atoms with E-state index in [1.807, 2.05) is 49.6 Å². The molecule has 1 aromatic carbocycles. The molecule has 0 saturated carbocycles. The van der Waals surface area contributed by atoms with Crippen LogP contribution in [-0.2, 0) is 20.9 Å². The first-order valence-electron chi connectivity index (χ1n) is 5.83. The lowest BCUT2D eigenvalue weighted by Crippen LogP contribution is -2.86. The largest absolute Gasteiger partial charge is 0.780 e. The summed E-state index contributed by atoms with van der Waals surface area (Å²) in [6.45, 7) is -1.06. The third-order valence-electron chi connectivity index (χ3n) is 2.61. The van der Waals surface area contributed by atoms with E-state index in [0.717, 1.165) is 5.56 Å². The molecule has 1 aromatic rings. The summed E-state index contributed by atoms with van der Waals surface area (Å²) >= 11 is 4.26. The van der Waals surface area contributed by atoms with E-state index in [9.17, 15) is 10.00 Å². The lowest BCUT2D eigenvalue weighted by Gasteiger charge is -2.21. The van der Waals surface area contributed by atoms with Gasteiger partial charge >= 0.3 is 0 Å². The first-order valence-corrected chi connectivity index (χ1v) is 8.38. The predicted molar refractivity (Wildman–Crippen MR) is 77.0 cm³/mol. The van der Waals surface area contributed by atoms with E-state index in [4.69, 9.17) is 0 Å². The van der Waals surface area contributed by atoms with Crippen LogP contribution in [-0.4, -0.2) is 32.4 Å². The van der Waals surface area contributed by atoms with Gasteiger partial charge in [0.15, 0.2) is 0 Å². The maximum absolute atomic E-state index is 10.3. The lowest BCUT2D eigenvalue weighted by molar-refractivity contribution is -0.669. The van der Waals surface area contributed by atoms with Gasteiger partial charge in [0, 0.05) is 14.2 Å². The number of likely N-dealkylation sites (N-methyl/N-ethyl adjacent to an activating group) is 1. The van der Waals surface area contributed by atoms with Crippen LogP contribution in [0.5, 0.6) is 0 Å². The summed E-state index contributed by atoms with van der Waals surface area (Å²) in [4.78, 5) is 10.3. The van der Waals surface area contributed by atoms with Crippen molar-refractivity contribution in [3.8, 4) is 0 Å². The van der Waals surface area contributed by atoms with Gasteiger partial charge in [0.25, 0.3) is 0 Å². The highest BCUT2D eigenvalue weighted by atomic mass is 32.5.